The van der Waals surface area contributed by atoms with E-state index < -0.39 is 38.1 Å². The Morgan fingerprint density at radius 2 is 1.32 bits per heavy atom. The molecule has 0 heterocycles. The van der Waals surface area contributed by atoms with Crippen molar-refractivity contribution in [3.63, 3.8) is 0 Å². The van der Waals surface area contributed by atoms with Crippen molar-refractivity contribution < 1.29 is 20.1 Å². The van der Waals surface area contributed by atoms with Crippen molar-refractivity contribution >= 4 is 11.4 Å². The Kier molecular flexibility index (Phi) is 5.61. The number of hydrogen-bond acceptors (Lipinski definition) is 6. The van der Waals surface area contributed by atoms with E-state index >= 15 is 0 Å². The van der Waals surface area contributed by atoms with E-state index in [2.05, 4.69) is 11.8 Å². The van der Waals surface area contributed by atoms with Crippen LogP contribution in [0.5, 0.6) is 11.5 Å². The minimum absolute atomic E-state index is 0.446. The molecule has 182 valence electrons. The number of benzene rings is 4. The van der Waals surface area contributed by atoms with Gasteiger partial charge in [-0.1, -0.05) is 60.5 Å². The molecule has 4 aromatic rings. The van der Waals surface area contributed by atoms with Crippen molar-refractivity contribution in [2.24, 2.45) is 0 Å². The summed E-state index contributed by atoms with van der Waals surface area (Å²) in [6, 6.07) is 21.8. The zero-order chi connectivity index (χ0) is 26.3. The van der Waals surface area contributed by atoms with Gasteiger partial charge in [-0.2, -0.15) is 0 Å². The van der Waals surface area contributed by atoms with Gasteiger partial charge in [0.2, 0.25) is 0 Å². The molecule has 0 radical (unpaired) electrons. The highest BCUT2D eigenvalue weighted by atomic mass is 16.6. The Morgan fingerprint density at radius 1 is 0.757 bits per heavy atom. The number of hydrogen-bond donors (Lipinski definition) is 2. The minimum Gasteiger partial charge on any atom is -0.502 e. The van der Waals surface area contributed by atoms with Gasteiger partial charge in [0.15, 0.2) is 11.5 Å². The summed E-state index contributed by atoms with van der Waals surface area (Å²) in [5.74, 6) is 4.96. The highest BCUT2D eigenvalue weighted by Crippen LogP contribution is 2.57. The van der Waals surface area contributed by atoms with Crippen molar-refractivity contribution in [3.05, 3.63) is 127 Å². The second-order valence-electron chi connectivity index (χ2n) is 8.70. The van der Waals surface area contributed by atoms with Crippen LogP contribution in [-0.2, 0) is 11.8 Å². The third kappa shape index (κ3) is 3.56. The molecule has 0 aliphatic heterocycles. The second kappa shape index (κ2) is 8.81. The molecule has 0 aromatic heterocycles. The van der Waals surface area contributed by atoms with Crippen molar-refractivity contribution in [2.45, 2.75) is 18.8 Å². The molecule has 8 nitrogen and oxygen atoms in total. The van der Waals surface area contributed by atoms with E-state index in [1.165, 1.54) is 24.3 Å². The number of phenolic OH excluding ortho intramolecular Hbond substituents is 2. The monoisotopic (exact) mass is 492 g/mol. The maximum Gasteiger partial charge on any atom is 0.311 e. The van der Waals surface area contributed by atoms with Crippen molar-refractivity contribution in [2.75, 3.05) is 0 Å². The number of rotatable bonds is 5. The molecule has 0 bridgehead atoms. The first-order valence-corrected chi connectivity index (χ1v) is 11.4. The van der Waals surface area contributed by atoms with Crippen LogP contribution in [0.3, 0.4) is 0 Å². The molecule has 0 spiro atoms. The number of phenols is 2. The van der Waals surface area contributed by atoms with Crippen LogP contribution in [0.25, 0.3) is 11.1 Å². The second-order valence-corrected chi connectivity index (χ2v) is 8.70. The van der Waals surface area contributed by atoms with Gasteiger partial charge < -0.3 is 10.2 Å². The van der Waals surface area contributed by atoms with Gasteiger partial charge in [0.05, 0.1) is 15.3 Å². The van der Waals surface area contributed by atoms with Crippen LogP contribution in [0.4, 0.5) is 11.4 Å². The highest BCUT2D eigenvalue weighted by Gasteiger charge is 2.47. The summed E-state index contributed by atoms with van der Waals surface area (Å²) in [5, 5.41) is 44.0. The predicted octanol–water partition coefficient (Wildman–Crippen LogP) is 5.84. The topological polar surface area (TPSA) is 127 Å². The average molecular weight is 492 g/mol. The van der Waals surface area contributed by atoms with Crippen LogP contribution in [0.15, 0.2) is 78.9 Å². The number of nitrogens with zero attached hydrogens (tertiary/aromatic N) is 2. The van der Waals surface area contributed by atoms with E-state index in [9.17, 15) is 30.4 Å². The van der Waals surface area contributed by atoms with Gasteiger partial charge in [-0.15, -0.1) is 5.92 Å². The van der Waals surface area contributed by atoms with Gasteiger partial charge in [0.1, 0.15) is 0 Å². The summed E-state index contributed by atoms with van der Waals surface area (Å²) >= 11 is 0. The zero-order valence-corrected chi connectivity index (χ0v) is 19.6. The summed E-state index contributed by atoms with van der Waals surface area (Å²) in [5.41, 5.74) is 2.90. The fourth-order valence-electron chi connectivity index (χ4n) is 5.22. The quantitative estimate of drug-likeness (QED) is 0.180. The molecule has 5 rings (SSSR count). The van der Waals surface area contributed by atoms with Gasteiger partial charge >= 0.3 is 11.4 Å². The molecule has 0 unspecified atom stereocenters. The zero-order valence-electron chi connectivity index (χ0n) is 19.6. The SMILES string of the molecule is CC#CCc1ccc2c(c1)C(c1ccc(O)c([N+](=O)[O-])c1)(c1ccc(O)c([N+](=O)[O-])c1)c1ccccc1-2. The maximum atomic E-state index is 11.8. The van der Waals surface area contributed by atoms with Gasteiger partial charge in [-0.25, -0.2) is 0 Å². The number of aromatic hydroxyl groups is 2. The Hall–Kier alpha value is -5.16. The van der Waals surface area contributed by atoms with E-state index in [1.54, 1.807) is 19.1 Å². The lowest BCUT2D eigenvalue weighted by molar-refractivity contribution is -0.386. The molecule has 4 aromatic carbocycles. The summed E-state index contributed by atoms with van der Waals surface area (Å²) in [6.45, 7) is 1.75. The number of fused-ring (bicyclic) bond motifs is 3. The fraction of sp³-hybridized carbons (Fsp3) is 0.103. The Bertz CT molecular complexity index is 1600. The third-order valence-corrected chi connectivity index (χ3v) is 6.79. The molecule has 0 saturated carbocycles. The molecule has 8 heteroatoms. The van der Waals surface area contributed by atoms with Crippen molar-refractivity contribution in [1.29, 1.82) is 0 Å². The van der Waals surface area contributed by atoms with E-state index in [0.717, 1.165) is 27.8 Å². The normalized spacial score (nSPS) is 12.7. The largest absolute Gasteiger partial charge is 0.502 e. The molecule has 37 heavy (non-hydrogen) atoms. The molecule has 0 fully saturated rings. The highest BCUT2D eigenvalue weighted by molar-refractivity contribution is 5.87. The van der Waals surface area contributed by atoms with Crippen LogP contribution < -0.4 is 0 Å². The molecular weight excluding hydrogens is 472 g/mol. The molecule has 0 amide bonds. The lowest BCUT2D eigenvalue weighted by Crippen LogP contribution is -2.29. The lowest BCUT2D eigenvalue weighted by atomic mass is 9.67. The van der Waals surface area contributed by atoms with Gasteiger partial charge in [-0.05, 0) is 58.0 Å². The van der Waals surface area contributed by atoms with Crippen LogP contribution in [0.2, 0.25) is 0 Å². The summed E-state index contributed by atoms with van der Waals surface area (Å²) in [4.78, 5) is 22.2. The van der Waals surface area contributed by atoms with Crippen molar-refractivity contribution in [1.82, 2.24) is 0 Å². The van der Waals surface area contributed by atoms with Crippen LogP contribution in [-0.4, -0.2) is 20.1 Å². The first-order valence-electron chi connectivity index (χ1n) is 11.4. The maximum absolute atomic E-state index is 11.8. The average Bonchev–Trinajstić information content (AvgIpc) is 3.18. The Labute approximate surface area is 211 Å². The van der Waals surface area contributed by atoms with Crippen LogP contribution in [0.1, 0.15) is 34.7 Å². The summed E-state index contributed by atoms with van der Waals surface area (Å²) in [6.07, 6.45) is 0.474. The third-order valence-electron chi connectivity index (χ3n) is 6.79. The van der Waals surface area contributed by atoms with E-state index in [1.807, 2.05) is 42.5 Å². The fourth-order valence-corrected chi connectivity index (χ4v) is 5.22. The Morgan fingerprint density at radius 3 is 1.89 bits per heavy atom. The summed E-state index contributed by atoms with van der Waals surface area (Å²) < 4.78 is 0. The smallest absolute Gasteiger partial charge is 0.311 e. The molecule has 1 aliphatic carbocycles. The van der Waals surface area contributed by atoms with E-state index in [4.69, 9.17) is 0 Å². The van der Waals surface area contributed by atoms with Crippen LogP contribution in [0, 0.1) is 32.1 Å². The minimum atomic E-state index is -1.21. The molecule has 1 aliphatic rings. The van der Waals surface area contributed by atoms with E-state index in [0.29, 0.717) is 17.5 Å². The first-order chi connectivity index (χ1) is 17.8. The predicted molar refractivity (Wildman–Crippen MR) is 138 cm³/mol. The number of nitro benzene ring substituents is 2. The summed E-state index contributed by atoms with van der Waals surface area (Å²) in [7, 11) is 0. The van der Waals surface area contributed by atoms with Crippen LogP contribution >= 0.6 is 0 Å². The van der Waals surface area contributed by atoms with Gasteiger partial charge in [0.25, 0.3) is 0 Å². The molecule has 0 atom stereocenters. The van der Waals surface area contributed by atoms with Crippen molar-refractivity contribution in [3.8, 4) is 34.5 Å². The Balaban J connectivity index is 1.96. The number of nitro groups is 2. The molecule has 2 N–H and O–H groups in total. The molecular formula is C29H20N2O6. The van der Waals surface area contributed by atoms with Gasteiger partial charge in [-0.3, -0.25) is 20.2 Å². The first kappa shape index (κ1) is 23.6. The standard InChI is InChI=1S/C29H20N2O6/c1-2-3-6-18-9-12-22-21-7-4-5-8-23(21)29(24(22)15-18,19-10-13-27(32)25(16-19)30(34)35)20-11-14-28(33)26(17-20)31(36)37/h4-5,7-17,32-33H,6H2,1H3. The molecule has 0 saturated heterocycles. The van der Waals surface area contributed by atoms with E-state index in [-0.39, 0.29) is 0 Å². The lowest BCUT2D eigenvalue weighted by Gasteiger charge is -2.33. The van der Waals surface area contributed by atoms with Gasteiger partial charge in [0, 0.05) is 18.6 Å².